The van der Waals surface area contributed by atoms with Crippen LogP contribution in [0.5, 0.6) is 0 Å². The quantitative estimate of drug-likeness (QED) is 0.821. The van der Waals surface area contributed by atoms with E-state index in [1.807, 2.05) is 0 Å². The molecule has 2 aromatic rings. The topological polar surface area (TPSA) is 95.4 Å². The van der Waals surface area contributed by atoms with Gasteiger partial charge in [0, 0.05) is 6.42 Å². The Morgan fingerprint density at radius 3 is 2.82 bits per heavy atom. The molecule has 0 aliphatic rings. The van der Waals surface area contributed by atoms with Crippen LogP contribution in [0.15, 0.2) is 34.9 Å². The average molecular weight is 306 g/mol. The van der Waals surface area contributed by atoms with Crippen LogP contribution in [-0.4, -0.2) is 23.0 Å². The molecule has 0 spiro atoms. The van der Waals surface area contributed by atoms with Crippen molar-refractivity contribution in [2.45, 2.75) is 25.9 Å². The number of rotatable bonds is 6. The van der Waals surface area contributed by atoms with E-state index >= 15 is 0 Å². The van der Waals surface area contributed by atoms with Crippen molar-refractivity contribution < 1.29 is 23.1 Å². The van der Waals surface area contributed by atoms with Crippen molar-refractivity contribution in [3.63, 3.8) is 0 Å². The summed E-state index contributed by atoms with van der Waals surface area (Å²) in [6, 6.07) is 6.15. The Bertz CT molecular complexity index is 684. The number of aromatic nitrogens is 1. The van der Waals surface area contributed by atoms with Crippen molar-refractivity contribution in [2.24, 2.45) is 5.73 Å². The fourth-order valence-corrected chi connectivity index (χ4v) is 1.73. The molecule has 1 aromatic carbocycles. The molecule has 2 rings (SSSR count). The molecule has 22 heavy (non-hydrogen) atoms. The van der Waals surface area contributed by atoms with Crippen LogP contribution in [0.25, 0.3) is 11.3 Å². The summed E-state index contributed by atoms with van der Waals surface area (Å²) in [6.45, 7) is 1.39. The van der Waals surface area contributed by atoms with Crippen molar-refractivity contribution >= 4 is 11.9 Å². The van der Waals surface area contributed by atoms with E-state index in [2.05, 4.69) is 4.98 Å². The van der Waals surface area contributed by atoms with Gasteiger partial charge in [-0.2, -0.15) is 0 Å². The number of primary amides is 1. The summed E-state index contributed by atoms with van der Waals surface area (Å²) >= 11 is 0. The van der Waals surface area contributed by atoms with Gasteiger partial charge in [-0.3, -0.25) is 9.59 Å². The highest BCUT2D eigenvalue weighted by Crippen LogP contribution is 2.23. The van der Waals surface area contributed by atoms with Gasteiger partial charge in [-0.05, 0) is 19.1 Å². The lowest BCUT2D eigenvalue weighted by atomic mass is 10.2. The van der Waals surface area contributed by atoms with Gasteiger partial charge in [0.2, 0.25) is 0 Å². The first-order valence-electron chi connectivity index (χ1n) is 6.65. The maximum absolute atomic E-state index is 13.6. The number of nitrogens with zero attached hydrogens (tertiary/aromatic N) is 1. The van der Waals surface area contributed by atoms with Crippen LogP contribution < -0.4 is 5.73 Å². The zero-order valence-corrected chi connectivity index (χ0v) is 11.9. The number of carbonyl (C=O) groups excluding carboxylic acids is 2. The lowest BCUT2D eigenvalue weighted by molar-refractivity contribution is -0.153. The summed E-state index contributed by atoms with van der Waals surface area (Å²) in [6.07, 6.45) is 0.574. The highest BCUT2D eigenvalue weighted by Gasteiger charge is 2.16. The number of amides is 1. The van der Waals surface area contributed by atoms with Crippen LogP contribution in [0.4, 0.5) is 4.39 Å². The van der Waals surface area contributed by atoms with Crippen molar-refractivity contribution in [3.8, 4) is 11.3 Å². The highest BCUT2D eigenvalue weighted by molar-refractivity contribution is 5.81. The Morgan fingerprint density at radius 1 is 1.41 bits per heavy atom. The number of aryl methyl sites for hydroxylation is 1. The monoisotopic (exact) mass is 306 g/mol. The molecule has 0 saturated carbocycles. The maximum atomic E-state index is 13.6. The first kappa shape index (κ1) is 15.7. The van der Waals surface area contributed by atoms with Crippen LogP contribution in [0.1, 0.15) is 19.2 Å². The normalized spacial score (nSPS) is 11.9. The van der Waals surface area contributed by atoms with Gasteiger partial charge in [-0.25, -0.2) is 9.37 Å². The van der Waals surface area contributed by atoms with Gasteiger partial charge in [0.25, 0.3) is 5.91 Å². The minimum absolute atomic E-state index is 0.0190. The molecule has 0 unspecified atom stereocenters. The Balaban J connectivity index is 1.94. The zero-order chi connectivity index (χ0) is 16.1. The molecule has 6 nitrogen and oxygen atoms in total. The molecular weight excluding hydrogens is 291 g/mol. The summed E-state index contributed by atoms with van der Waals surface area (Å²) in [5.74, 6) is -1.16. The van der Waals surface area contributed by atoms with Crippen molar-refractivity contribution in [1.29, 1.82) is 0 Å². The lowest BCUT2D eigenvalue weighted by Crippen LogP contribution is -2.30. The molecule has 7 heteroatoms. The van der Waals surface area contributed by atoms with Gasteiger partial charge >= 0.3 is 5.97 Å². The summed E-state index contributed by atoms with van der Waals surface area (Å²) < 4.78 is 23.8. The second-order valence-corrected chi connectivity index (χ2v) is 4.63. The standard InChI is InChI=1S/C15H15FN2O4/c1-9(15(17)20)21-14(19)7-6-13-18-8-12(22-13)10-4-2-3-5-11(10)16/h2-5,8-9H,6-7H2,1H3,(H2,17,20)/t9-/m0/s1. The summed E-state index contributed by atoms with van der Waals surface area (Å²) in [4.78, 5) is 26.3. The van der Waals surface area contributed by atoms with Crippen LogP contribution in [0, 0.1) is 5.82 Å². The minimum Gasteiger partial charge on any atom is -0.453 e. The largest absolute Gasteiger partial charge is 0.453 e. The van der Waals surface area contributed by atoms with E-state index in [4.69, 9.17) is 14.9 Å². The molecule has 0 aliphatic heterocycles. The molecule has 116 valence electrons. The van der Waals surface area contributed by atoms with Crippen LogP contribution >= 0.6 is 0 Å². The smallest absolute Gasteiger partial charge is 0.307 e. The lowest BCUT2D eigenvalue weighted by Gasteiger charge is -2.08. The second-order valence-electron chi connectivity index (χ2n) is 4.63. The predicted octanol–water partition coefficient (Wildman–Crippen LogP) is 1.83. The van der Waals surface area contributed by atoms with Crippen molar-refractivity contribution in [3.05, 3.63) is 42.2 Å². The molecule has 1 amide bonds. The van der Waals surface area contributed by atoms with Crippen LogP contribution in [0.3, 0.4) is 0 Å². The van der Waals surface area contributed by atoms with Crippen LogP contribution in [-0.2, 0) is 20.7 Å². The predicted molar refractivity (Wildman–Crippen MR) is 75.0 cm³/mol. The van der Waals surface area contributed by atoms with E-state index in [9.17, 15) is 14.0 Å². The van der Waals surface area contributed by atoms with E-state index in [1.54, 1.807) is 18.2 Å². The van der Waals surface area contributed by atoms with Gasteiger partial charge in [0.1, 0.15) is 5.82 Å². The van der Waals surface area contributed by atoms with Crippen molar-refractivity contribution in [2.75, 3.05) is 0 Å². The van der Waals surface area contributed by atoms with E-state index in [0.717, 1.165) is 0 Å². The Hall–Kier alpha value is -2.70. The van der Waals surface area contributed by atoms with E-state index < -0.39 is 23.8 Å². The number of oxazole rings is 1. The maximum Gasteiger partial charge on any atom is 0.307 e. The number of benzene rings is 1. The van der Waals surface area contributed by atoms with Gasteiger partial charge in [-0.15, -0.1) is 0 Å². The minimum atomic E-state index is -0.981. The van der Waals surface area contributed by atoms with Gasteiger partial charge in [0.05, 0.1) is 18.2 Å². The summed E-state index contributed by atoms with van der Waals surface area (Å²) in [5, 5.41) is 0. The molecule has 0 fully saturated rings. The number of halogens is 1. The molecule has 0 saturated heterocycles. The van der Waals surface area contributed by atoms with E-state index in [1.165, 1.54) is 19.2 Å². The number of nitrogens with two attached hydrogens (primary N) is 1. The third-order valence-corrected chi connectivity index (χ3v) is 2.94. The van der Waals surface area contributed by atoms with E-state index in [0.29, 0.717) is 5.56 Å². The molecule has 2 N–H and O–H groups in total. The van der Waals surface area contributed by atoms with Gasteiger partial charge < -0.3 is 14.9 Å². The molecule has 1 aromatic heterocycles. The molecule has 0 aliphatic carbocycles. The number of hydrogen-bond donors (Lipinski definition) is 1. The summed E-state index contributed by atoms with van der Waals surface area (Å²) in [5.41, 5.74) is 5.29. The molecule has 0 bridgehead atoms. The zero-order valence-electron chi connectivity index (χ0n) is 11.9. The van der Waals surface area contributed by atoms with Crippen molar-refractivity contribution in [1.82, 2.24) is 4.98 Å². The number of ether oxygens (including phenoxy) is 1. The van der Waals surface area contributed by atoms with Gasteiger partial charge in [-0.1, -0.05) is 12.1 Å². The fourth-order valence-electron chi connectivity index (χ4n) is 1.73. The SMILES string of the molecule is C[C@H](OC(=O)CCc1ncc(-c2ccccc2F)o1)C(N)=O. The second kappa shape index (κ2) is 6.84. The Morgan fingerprint density at radius 2 is 2.14 bits per heavy atom. The van der Waals surface area contributed by atoms with Crippen LogP contribution in [0.2, 0.25) is 0 Å². The number of esters is 1. The Labute approximate surface area is 126 Å². The number of carbonyl (C=O) groups is 2. The van der Waals surface area contributed by atoms with E-state index in [-0.39, 0.29) is 24.5 Å². The summed E-state index contributed by atoms with van der Waals surface area (Å²) in [7, 11) is 0. The van der Waals surface area contributed by atoms with Gasteiger partial charge in [0.15, 0.2) is 17.8 Å². The first-order valence-corrected chi connectivity index (χ1v) is 6.65. The average Bonchev–Trinajstić information content (AvgIpc) is 2.94. The highest BCUT2D eigenvalue weighted by atomic mass is 19.1. The molecule has 1 atom stereocenters. The third-order valence-electron chi connectivity index (χ3n) is 2.94. The fraction of sp³-hybridized carbons (Fsp3) is 0.267. The molecule has 1 heterocycles. The molecular formula is C15H15FN2O4. The Kier molecular flexibility index (Phi) is 4.88. The number of hydrogen-bond acceptors (Lipinski definition) is 5. The third kappa shape index (κ3) is 3.91. The first-order chi connectivity index (χ1) is 10.5. The molecule has 0 radical (unpaired) electrons.